The fraction of sp³-hybridized carbons (Fsp3) is 0.417. The molecule has 2 aromatic rings. The number of phenols is 1. The summed E-state index contributed by atoms with van der Waals surface area (Å²) >= 11 is 0. The van der Waals surface area contributed by atoms with Crippen molar-refractivity contribution in [2.75, 3.05) is 32.8 Å². The Morgan fingerprint density at radius 1 is 1.00 bits per heavy atom. The van der Waals surface area contributed by atoms with Gasteiger partial charge in [-0.1, -0.05) is 6.07 Å². The van der Waals surface area contributed by atoms with Crippen LogP contribution in [0.2, 0.25) is 0 Å². The zero-order chi connectivity index (χ0) is 23.3. The van der Waals surface area contributed by atoms with Gasteiger partial charge in [0.2, 0.25) is 0 Å². The number of phenolic OH excluding ortho intramolecular Hbond substituents is 1. The van der Waals surface area contributed by atoms with E-state index in [1.165, 1.54) is 12.1 Å². The van der Waals surface area contributed by atoms with Gasteiger partial charge in [-0.25, -0.2) is 0 Å². The third-order valence-corrected chi connectivity index (χ3v) is 4.56. The Labute approximate surface area is 190 Å². The van der Waals surface area contributed by atoms with Gasteiger partial charge in [-0.2, -0.15) is 0 Å². The van der Waals surface area contributed by atoms with E-state index in [9.17, 15) is 9.90 Å². The van der Waals surface area contributed by atoms with E-state index >= 15 is 0 Å². The Kier molecular flexibility index (Phi) is 10.2. The van der Waals surface area contributed by atoms with E-state index in [1.807, 2.05) is 45.9 Å². The summed E-state index contributed by atoms with van der Waals surface area (Å²) in [6, 6.07) is 12.0. The van der Waals surface area contributed by atoms with Crippen molar-refractivity contribution < 1.29 is 19.4 Å². The van der Waals surface area contributed by atoms with Crippen molar-refractivity contribution in [3.05, 3.63) is 53.6 Å². The van der Waals surface area contributed by atoms with Crippen molar-refractivity contribution in [3.63, 3.8) is 0 Å². The van der Waals surface area contributed by atoms with Gasteiger partial charge in [0.1, 0.15) is 5.75 Å². The molecule has 0 aromatic heterocycles. The molecular weight excluding hydrogens is 408 g/mol. The summed E-state index contributed by atoms with van der Waals surface area (Å²) in [6.45, 7) is 10.6. The van der Waals surface area contributed by atoms with Gasteiger partial charge in [0, 0.05) is 18.7 Å². The van der Waals surface area contributed by atoms with Crippen molar-refractivity contribution in [1.29, 1.82) is 0 Å². The fourth-order valence-corrected chi connectivity index (χ4v) is 3.00. The summed E-state index contributed by atoms with van der Waals surface area (Å²) < 4.78 is 11.4. The SMILES string of the molecule is CCNC(=NCCNC(=O)c1ccc(O)cc1)NC(C)c1ccc(OCC)c(OCC)c1. The molecule has 2 aromatic carbocycles. The highest BCUT2D eigenvalue weighted by Crippen LogP contribution is 2.30. The number of carbonyl (C=O) groups excluding carboxylic acids is 1. The van der Waals surface area contributed by atoms with E-state index in [-0.39, 0.29) is 17.7 Å². The molecule has 0 saturated heterocycles. The standard InChI is InChI=1S/C24H34N4O4/c1-5-25-24(27-15-14-26-23(30)18-8-11-20(29)12-9-18)28-17(4)19-10-13-21(31-6-2)22(16-19)32-7-3/h8-13,16-17,29H,5-7,14-15H2,1-4H3,(H,26,30)(H2,25,27,28). The summed E-state index contributed by atoms with van der Waals surface area (Å²) in [6.07, 6.45) is 0. The molecule has 0 radical (unpaired) electrons. The van der Waals surface area contributed by atoms with Crippen molar-refractivity contribution in [2.45, 2.75) is 33.7 Å². The number of benzene rings is 2. The Morgan fingerprint density at radius 2 is 1.69 bits per heavy atom. The van der Waals surface area contributed by atoms with Crippen LogP contribution in [-0.4, -0.2) is 49.8 Å². The van der Waals surface area contributed by atoms with Gasteiger partial charge in [0.05, 0.1) is 25.8 Å². The lowest BCUT2D eigenvalue weighted by atomic mass is 10.1. The third-order valence-electron chi connectivity index (χ3n) is 4.56. The highest BCUT2D eigenvalue weighted by Gasteiger charge is 2.12. The number of amides is 1. The quantitative estimate of drug-likeness (QED) is 0.242. The molecule has 1 unspecified atom stereocenters. The number of ether oxygens (including phenoxy) is 2. The van der Waals surface area contributed by atoms with Crippen LogP contribution >= 0.6 is 0 Å². The molecule has 1 amide bonds. The van der Waals surface area contributed by atoms with Gasteiger partial charge in [0.15, 0.2) is 17.5 Å². The second-order valence-electron chi connectivity index (χ2n) is 7.00. The van der Waals surface area contributed by atoms with E-state index < -0.39 is 0 Å². The lowest BCUT2D eigenvalue weighted by Crippen LogP contribution is -2.39. The zero-order valence-corrected chi connectivity index (χ0v) is 19.3. The van der Waals surface area contributed by atoms with Crippen LogP contribution < -0.4 is 25.4 Å². The minimum atomic E-state index is -0.204. The van der Waals surface area contributed by atoms with Crippen molar-refractivity contribution in [1.82, 2.24) is 16.0 Å². The maximum Gasteiger partial charge on any atom is 0.251 e. The Morgan fingerprint density at radius 3 is 2.34 bits per heavy atom. The molecule has 0 bridgehead atoms. The van der Waals surface area contributed by atoms with Crippen molar-refractivity contribution >= 4 is 11.9 Å². The van der Waals surface area contributed by atoms with Crippen LogP contribution in [0.15, 0.2) is 47.5 Å². The first kappa shape index (κ1) is 24.8. The molecule has 32 heavy (non-hydrogen) atoms. The van der Waals surface area contributed by atoms with Crippen LogP contribution in [-0.2, 0) is 0 Å². The number of aliphatic imine (C=N–C) groups is 1. The van der Waals surface area contributed by atoms with Crippen LogP contribution in [0, 0.1) is 0 Å². The van der Waals surface area contributed by atoms with Crippen LogP contribution in [0.4, 0.5) is 0 Å². The summed E-state index contributed by atoms with van der Waals surface area (Å²) in [5.41, 5.74) is 1.54. The molecule has 4 N–H and O–H groups in total. The van der Waals surface area contributed by atoms with Crippen LogP contribution in [0.3, 0.4) is 0 Å². The Bertz CT molecular complexity index is 884. The van der Waals surface area contributed by atoms with Crippen LogP contribution in [0.25, 0.3) is 0 Å². The summed E-state index contributed by atoms with van der Waals surface area (Å²) in [7, 11) is 0. The van der Waals surface area contributed by atoms with E-state index in [1.54, 1.807) is 12.1 Å². The van der Waals surface area contributed by atoms with E-state index in [2.05, 4.69) is 20.9 Å². The average molecular weight is 443 g/mol. The second-order valence-corrected chi connectivity index (χ2v) is 7.00. The minimum absolute atomic E-state index is 0.0192. The number of hydrogen-bond donors (Lipinski definition) is 4. The van der Waals surface area contributed by atoms with Crippen molar-refractivity contribution in [3.8, 4) is 17.2 Å². The topological polar surface area (TPSA) is 104 Å². The molecule has 0 saturated carbocycles. The highest BCUT2D eigenvalue weighted by atomic mass is 16.5. The summed E-state index contributed by atoms with van der Waals surface area (Å²) in [4.78, 5) is 16.7. The largest absolute Gasteiger partial charge is 0.508 e. The predicted molar refractivity (Wildman–Crippen MR) is 127 cm³/mol. The summed E-state index contributed by atoms with van der Waals surface area (Å²) in [5.74, 6) is 2.03. The molecular formula is C24H34N4O4. The summed E-state index contributed by atoms with van der Waals surface area (Å²) in [5, 5.41) is 18.8. The lowest BCUT2D eigenvalue weighted by Gasteiger charge is -2.20. The van der Waals surface area contributed by atoms with Gasteiger partial charge in [0.25, 0.3) is 5.91 Å². The third kappa shape index (κ3) is 7.68. The van der Waals surface area contributed by atoms with E-state index in [0.717, 1.165) is 17.1 Å². The molecule has 8 nitrogen and oxygen atoms in total. The molecule has 0 fully saturated rings. The smallest absolute Gasteiger partial charge is 0.251 e. The minimum Gasteiger partial charge on any atom is -0.508 e. The van der Waals surface area contributed by atoms with Gasteiger partial charge >= 0.3 is 0 Å². The Balaban J connectivity index is 1.96. The molecule has 1 atom stereocenters. The first-order valence-electron chi connectivity index (χ1n) is 11.0. The number of hydrogen-bond acceptors (Lipinski definition) is 5. The van der Waals surface area contributed by atoms with Gasteiger partial charge in [-0.15, -0.1) is 0 Å². The second kappa shape index (κ2) is 13.1. The Hall–Kier alpha value is -3.42. The van der Waals surface area contributed by atoms with Crippen molar-refractivity contribution in [2.24, 2.45) is 4.99 Å². The fourth-order valence-electron chi connectivity index (χ4n) is 3.00. The first-order valence-corrected chi connectivity index (χ1v) is 11.0. The molecule has 8 heteroatoms. The van der Waals surface area contributed by atoms with Gasteiger partial charge in [-0.3, -0.25) is 9.79 Å². The predicted octanol–water partition coefficient (Wildman–Crippen LogP) is 3.24. The maximum atomic E-state index is 12.2. The van der Waals surface area contributed by atoms with Gasteiger partial charge in [-0.05, 0) is 69.7 Å². The zero-order valence-electron chi connectivity index (χ0n) is 19.3. The average Bonchev–Trinajstić information content (AvgIpc) is 2.78. The van der Waals surface area contributed by atoms with E-state index in [0.29, 0.717) is 44.4 Å². The highest BCUT2D eigenvalue weighted by molar-refractivity contribution is 5.94. The van der Waals surface area contributed by atoms with Crippen LogP contribution in [0.5, 0.6) is 17.2 Å². The molecule has 174 valence electrons. The molecule has 0 aliphatic rings. The monoisotopic (exact) mass is 442 g/mol. The molecule has 0 aliphatic carbocycles. The van der Waals surface area contributed by atoms with Gasteiger partial charge < -0.3 is 30.5 Å². The van der Waals surface area contributed by atoms with Crippen LogP contribution in [0.1, 0.15) is 49.7 Å². The molecule has 0 aliphatic heterocycles. The number of nitrogens with zero attached hydrogens (tertiary/aromatic N) is 1. The maximum absolute atomic E-state index is 12.2. The normalized spacial score (nSPS) is 12.1. The number of guanidine groups is 1. The number of aromatic hydroxyl groups is 1. The molecule has 2 rings (SSSR count). The lowest BCUT2D eigenvalue weighted by molar-refractivity contribution is 0.0955. The number of carbonyl (C=O) groups is 1. The molecule has 0 heterocycles. The van der Waals surface area contributed by atoms with E-state index in [4.69, 9.17) is 9.47 Å². The number of rotatable bonds is 11. The first-order chi connectivity index (χ1) is 15.5. The molecule has 0 spiro atoms. The number of nitrogens with one attached hydrogen (secondary N) is 3.